The van der Waals surface area contributed by atoms with E-state index in [-0.39, 0.29) is 17.9 Å². The molecule has 1 aliphatic rings. The summed E-state index contributed by atoms with van der Waals surface area (Å²) in [4.78, 5) is 19.1. The minimum absolute atomic E-state index is 0.0498. The van der Waals surface area contributed by atoms with Gasteiger partial charge in [-0.05, 0) is 31.5 Å². The third-order valence-electron chi connectivity index (χ3n) is 4.89. The van der Waals surface area contributed by atoms with Gasteiger partial charge in [-0.15, -0.1) is 0 Å². The van der Waals surface area contributed by atoms with Crippen molar-refractivity contribution in [1.82, 2.24) is 25.4 Å². The predicted octanol–water partition coefficient (Wildman–Crippen LogP) is 1.22. The first-order chi connectivity index (χ1) is 12.1. The zero-order valence-corrected chi connectivity index (χ0v) is 14.5. The average Bonchev–Trinajstić information content (AvgIpc) is 3.11. The maximum Gasteiger partial charge on any atom is 0.226 e. The standard InChI is InChI=1S/C18H25N5O2/c1-18(17(25)19-11-15-20-16(13-24)22-21-15)7-9-23(10-8-18)12-14-5-3-2-4-6-14/h2-6,24H,7-13H2,1H3,(H,19,25)(H,20,21,22). The van der Waals surface area contributed by atoms with Gasteiger partial charge < -0.3 is 10.4 Å². The lowest BCUT2D eigenvalue weighted by Crippen LogP contribution is -2.46. The van der Waals surface area contributed by atoms with E-state index >= 15 is 0 Å². The largest absolute Gasteiger partial charge is 0.388 e. The lowest BCUT2D eigenvalue weighted by atomic mass is 9.79. The summed E-state index contributed by atoms with van der Waals surface area (Å²) in [5.74, 6) is 0.945. The van der Waals surface area contributed by atoms with Crippen molar-refractivity contribution < 1.29 is 9.90 Å². The van der Waals surface area contributed by atoms with Gasteiger partial charge in [-0.3, -0.25) is 14.8 Å². The molecular formula is C18H25N5O2. The van der Waals surface area contributed by atoms with Crippen molar-refractivity contribution in [2.24, 2.45) is 5.41 Å². The second-order valence-corrected chi connectivity index (χ2v) is 6.86. The summed E-state index contributed by atoms with van der Waals surface area (Å²) in [6.45, 7) is 4.88. The zero-order valence-electron chi connectivity index (χ0n) is 14.5. The Morgan fingerprint density at radius 1 is 1.32 bits per heavy atom. The smallest absolute Gasteiger partial charge is 0.226 e. The molecule has 2 aromatic rings. The van der Waals surface area contributed by atoms with Gasteiger partial charge in [0.25, 0.3) is 0 Å². The molecule has 1 aliphatic heterocycles. The number of amides is 1. The number of aromatic amines is 1. The molecule has 1 saturated heterocycles. The Balaban J connectivity index is 1.48. The van der Waals surface area contributed by atoms with E-state index in [0.29, 0.717) is 18.2 Å². The number of aromatic nitrogens is 3. The molecule has 1 aromatic carbocycles. The molecule has 0 radical (unpaired) electrons. The van der Waals surface area contributed by atoms with Crippen LogP contribution in [0.3, 0.4) is 0 Å². The summed E-state index contributed by atoms with van der Waals surface area (Å²) in [6, 6.07) is 10.4. The van der Waals surface area contributed by atoms with Gasteiger partial charge in [0.2, 0.25) is 5.91 Å². The topological polar surface area (TPSA) is 94.1 Å². The minimum Gasteiger partial charge on any atom is -0.388 e. The SMILES string of the molecule is CC1(C(=O)NCc2nc(CO)n[nH]2)CCN(Cc2ccccc2)CC1. The molecule has 1 fully saturated rings. The fourth-order valence-electron chi connectivity index (χ4n) is 3.14. The van der Waals surface area contributed by atoms with Crippen molar-refractivity contribution >= 4 is 5.91 Å². The van der Waals surface area contributed by atoms with E-state index in [4.69, 9.17) is 5.11 Å². The molecule has 0 aliphatic carbocycles. The van der Waals surface area contributed by atoms with Crippen LogP contribution < -0.4 is 5.32 Å². The van der Waals surface area contributed by atoms with Gasteiger partial charge in [0.05, 0.1) is 6.54 Å². The van der Waals surface area contributed by atoms with Gasteiger partial charge >= 0.3 is 0 Å². The van der Waals surface area contributed by atoms with E-state index in [2.05, 4.69) is 49.7 Å². The van der Waals surface area contributed by atoms with Crippen molar-refractivity contribution in [3.63, 3.8) is 0 Å². The average molecular weight is 343 g/mol. The van der Waals surface area contributed by atoms with Crippen LogP contribution in [0.4, 0.5) is 0 Å². The molecule has 134 valence electrons. The van der Waals surface area contributed by atoms with Gasteiger partial charge in [0.15, 0.2) is 5.82 Å². The van der Waals surface area contributed by atoms with Crippen LogP contribution in [0.15, 0.2) is 30.3 Å². The number of nitrogens with zero attached hydrogens (tertiary/aromatic N) is 3. The molecule has 0 bridgehead atoms. The Bertz CT molecular complexity index is 693. The number of aliphatic hydroxyl groups is 1. The van der Waals surface area contributed by atoms with E-state index in [1.54, 1.807) is 0 Å². The van der Waals surface area contributed by atoms with Gasteiger partial charge in [0.1, 0.15) is 12.4 Å². The number of benzene rings is 1. The van der Waals surface area contributed by atoms with E-state index in [1.807, 2.05) is 13.0 Å². The molecule has 0 unspecified atom stereocenters. The molecule has 0 atom stereocenters. The van der Waals surface area contributed by atoms with Gasteiger partial charge in [0, 0.05) is 12.0 Å². The Labute approximate surface area is 147 Å². The van der Waals surface area contributed by atoms with Crippen molar-refractivity contribution in [2.75, 3.05) is 13.1 Å². The molecule has 0 spiro atoms. The number of rotatable bonds is 6. The van der Waals surface area contributed by atoms with Crippen LogP contribution in [-0.2, 0) is 24.5 Å². The number of carbonyl (C=O) groups excluding carboxylic acids is 1. The number of hydrogen-bond acceptors (Lipinski definition) is 5. The summed E-state index contributed by atoms with van der Waals surface area (Å²) < 4.78 is 0. The zero-order chi connectivity index (χ0) is 17.7. The van der Waals surface area contributed by atoms with Crippen LogP contribution >= 0.6 is 0 Å². The molecule has 1 amide bonds. The van der Waals surface area contributed by atoms with Crippen LogP contribution in [0.5, 0.6) is 0 Å². The van der Waals surface area contributed by atoms with Crippen molar-refractivity contribution in [3.8, 4) is 0 Å². The Hall–Kier alpha value is -2.25. The summed E-state index contributed by atoms with van der Waals surface area (Å²) >= 11 is 0. The lowest BCUT2D eigenvalue weighted by Gasteiger charge is -2.38. The third-order valence-corrected chi connectivity index (χ3v) is 4.89. The third kappa shape index (κ3) is 4.43. The van der Waals surface area contributed by atoms with E-state index in [1.165, 1.54) is 5.56 Å². The van der Waals surface area contributed by atoms with E-state index in [9.17, 15) is 4.79 Å². The first-order valence-electron chi connectivity index (χ1n) is 8.65. The molecule has 25 heavy (non-hydrogen) atoms. The van der Waals surface area contributed by atoms with Crippen molar-refractivity contribution in [3.05, 3.63) is 47.5 Å². The molecule has 3 rings (SSSR count). The van der Waals surface area contributed by atoms with Crippen LogP contribution in [0, 0.1) is 5.41 Å². The number of piperidine rings is 1. The molecule has 7 nitrogen and oxygen atoms in total. The molecule has 1 aromatic heterocycles. The number of hydrogen-bond donors (Lipinski definition) is 3. The van der Waals surface area contributed by atoms with Crippen LogP contribution in [0.2, 0.25) is 0 Å². The predicted molar refractivity (Wildman–Crippen MR) is 93.2 cm³/mol. The highest BCUT2D eigenvalue weighted by atomic mass is 16.3. The Kier molecular flexibility index (Phi) is 5.45. The van der Waals surface area contributed by atoms with Crippen LogP contribution in [0.25, 0.3) is 0 Å². The quantitative estimate of drug-likeness (QED) is 0.733. The monoisotopic (exact) mass is 343 g/mol. The Morgan fingerprint density at radius 2 is 2.04 bits per heavy atom. The van der Waals surface area contributed by atoms with Crippen LogP contribution in [0.1, 0.15) is 37.0 Å². The van der Waals surface area contributed by atoms with Gasteiger partial charge in [-0.25, -0.2) is 4.98 Å². The highest BCUT2D eigenvalue weighted by Crippen LogP contribution is 2.31. The summed E-state index contributed by atoms with van der Waals surface area (Å²) in [7, 11) is 0. The highest BCUT2D eigenvalue weighted by molar-refractivity contribution is 5.82. The number of carbonyl (C=O) groups is 1. The van der Waals surface area contributed by atoms with Crippen LogP contribution in [-0.4, -0.2) is 44.2 Å². The highest BCUT2D eigenvalue weighted by Gasteiger charge is 2.36. The van der Waals surface area contributed by atoms with Crippen molar-refractivity contribution in [2.45, 2.75) is 39.5 Å². The lowest BCUT2D eigenvalue weighted by molar-refractivity contribution is -0.133. The summed E-state index contributed by atoms with van der Waals surface area (Å²) in [5, 5.41) is 18.5. The molecule has 2 heterocycles. The number of aliphatic hydroxyl groups excluding tert-OH is 1. The minimum atomic E-state index is -0.354. The maximum atomic E-state index is 12.6. The van der Waals surface area contributed by atoms with E-state index in [0.717, 1.165) is 32.5 Å². The molecule has 7 heteroatoms. The number of H-pyrrole nitrogens is 1. The van der Waals surface area contributed by atoms with Crippen molar-refractivity contribution in [1.29, 1.82) is 0 Å². The maximum absolute atomic E-state index is 12.6. The second-order valence-electron chi connectivity index (χ2n) is 6.86. The number of nitrogens with one attached hydrogen (secondary N) is 2. The van der Waals surface area contributed by atoms with E-state index < -0.39 is 0 Å². The first kappa shape index (κ1) is 17.6. The number of likely N-dealkylation sites (tertiary alicyclic amines) is 1. The summed E-state index contributed by atoms with van der Waals surface area (Å²) in [5.41, 5.74) is 0.952. The molecule has 0 saturated carbocycles. The second kappa shape index (κ2) is 7.76. The van der Waals surface area contributed by atoms with Gasteiger partial charge in [-0.1, -0.05) is 37.3 Å². The Morgan fingerprint density at radius 3 is 2.68 bits per heavy atom. The molecular weight excluding hydrogens is 318 g/mol. The van der Waals surface area contributed by atoms with Gasteiger partial charge in [-0.2, -0.15) is 5.10 Å². The first-order valence-corrected chi connectivity index (χ1v) is 8.65. The summed E-state index contributed by atoms with van der Waals surface area (Å²) in [6.07, 6.45) is 1.67. The normalized spacial score (nSPS) is 17.4. The fraction of sp³-hybridized carbons (Fsp3) is 0.500. The fourth-order valence-corrected chi connectivity index (χ4v) is 3.14. The molecule has 3 N–H and O–H groups in total.